The van der Waals surface area contributed by atoms with Gasteiger partial charge in [0.05, 0.1) is 40.8 Å². The lowest BCUT2D eigenvalue weighted by molar-refractivity contribution is -0.190. The second-order valence-electron chi connectivity index (χ2n) is 23.7. The maximum absolute atomic E-state index is 16.4. The Morgan fingerprint density at radius 1 is 0.836 bits per heavy atom. The monoisotopic (exact) mass is 994 g/mol. The molecule has 5 amide bonds. The molecule has 4 aromatic rings. The van der Waals surface area contributed by atoms with Gasteiger partial charge in [-0.15, -0.1) is 0 Å². The van der Waals surface area contributed by atoms with Crippen LogP contribution in [-0.4, -0.2) is 140 Å². The van der Waals surface area contributed by atoms with Crippen molar-refractivity contribution in [2.24, 2.45) is 11.3 Å². The summed E-state index contributed by atoms with van der Waals surface area (Å²) in [5.41, 5.74) is 3.10. The Bertz CT molecular complexity index is 2880. The van der Waals surface area contributed by atoms with Crippen LogP contribution in [0.5, 0.6) is 0 Å². The van der Waals surface area contributed by atoms with Crippen LogP contribution in [0.25, 0.3) is 22.3 Å². The highest BCUT2D eigenvalue weighted by molar-refractivity contribution is 6.10. The van der Waals surface area contributed by atoms with Crippen LogP contribution in [0.2, 0.25) is 0 Å². The van der Waals surface area contributed by atoms with Crippen molar-refractivity contribution in [2.45, 2.75) is 151 Å². The maximum Gasteiger partial charge on any atom is 0.238 e. The van der Waals surface area contributed by atoms with Crippen molar-refractivity contribution in [3.63, 3.8) is 0 Å². The molecule has 7 aliphatic heterocycles. The molecule has 6 saturated heterocycles. The first-order valence-electron chi connectivity index (χ1n) is 27.5. The number of piperidine rings is 6. The Balaban J connectivity index is 0.703. The van der Waals surface area contributed by atoms with Gasteiger partial charge in [0, 0.05) is 86.7 Å². The van der Waals surface area contributed by atoms with E-state index in [1.54, 1.807) is 11.1 Å². The van der Waals surface area contributed by atoms with E-state index in [1.165, 1.54) is 19.3 Å². The van der Waals surface area contributed by atoms with Crippen LogP contribution < -0.4 is 20.4 Å². The molecule has 0 radical (unpaired) electrons. The molecule has 17 heteroatoms. The fourth-order valence-corrected chi connectivity index (χ4v) is 14.4. The van der Waals surface area contributed by atoms with E-state index in [0.29, 0.717) is 76.8 Å². The zero-order chi connectivity index (χ0) is 50.0. The first-order valence-corrected chi connectivity index (χ1v) is 27.5. The largest absolute Gasteiger partial charge is 0.366 e. The van der Waals surface area contributed by atoms with Gasteiger partial charge < -0.3 is 34.4 Å². The zero-order valence-electron chi connectivity index (χ0n) is 42.3. The van der Waals surface area contributed by atoms with Crippen LogP contribution in [-0.2, 0) is 29.4 Å². The van der Waals surface area contributed by atoms with E-state index < -0.39 is 22.4 Å². The summed E-state index contributed by atoms with van der Waals surface area (Å²) in [5.74, 6) is 0.335. The first kappa shape index (κ1) is 46.8. The van der Waals surface area contributed by atoms with Gasteiger partial charge in [-0.3, -0.25) is 29.3 Å². The SMILES string of the molecule is CC(C)n1cnc2cc(-c3ccc4c(c3)N([C@H]3C[C@@H](N5CCCCC5)C3)C(=O)C43CCN(C(=O)C45CN(C(=O)C6CCN(c7ccc(C8CCC(=O)NC8=O)cn7)CC6)CC(F)(C4)C5)CC3)nc(NC3CC3)c21. The van der Waals surface area contributed by atoms with Crippen molar-refractivity contribution in [2.75, 3.05) is 67.5 Å². The number of anilines is 3. The molecule has 1 unspecified atom stereocenters. The summed E-state index contributed by atoms with van der Waals surface area (Å²) in [5, 5.41) is 6.10. The molecule has 10 aliphatic rings. The second-order valence-corrected chi connectivity index (χ2v) is 23.7. The highest BCUT2D eigenvalue weighted by atomic mass is 19.1. The number of pyridine rings is 2. The Hall–Kier alpha value is -5.97. The number of alkyl halides is 1. The predicted octanol–water partition coefficient (Wildman–Crippen LogP) is 6.64. The van der Waals surface area contributed by atoms with Crippen LogP contribution in [0.15, 0.2) is 48.9 Å². The topological polar surface area (TPSA) is 169 Å². The molecule has 3 saturated carbocycles. The highest BCUT2D eigenvalue weighted by Gasteiger charge is 2.67. The van der Waals surface area contributed by atoms with E-state index in [9.17, 15) is 19.2 Å². The molecule has 9 fully saturated rings. The van der Waals surface area contributed by atoms with E-state index in [-0.39, 0.29) is 73.5 Å². The Labute approximate surface area is 425 Å². The molecule has 384 valence electrons. The van der Waals surface area contributed by atoms with Crippen molar-refractivity contribution >= 4 is 57.9 Å². The van der Waals surface area contributed by atoms with Gasteiger partial charge in [-0.05, 0) is 140 Å². The maximum atomic E-state index is 16.4. The van der Waals surface area contributed by atoms with Crippen LogP contribution in [0.3, 0.4) is 0 Å². The van der Waals surface area contributed by atoms with E-state index >= 15 is 9.18 Å². The van der Waals surface area contributed by atoms with E-state index in [1.807, 2.05) is 23.4 Å². The fourth-order valence-electron chi connectivity index (χ4n) is 14.4. The highest BCUT2D eigenvalue weighted by Crippen LogP contribution is 2.58. The normalized spacial score (nSPS) is 29.4. The van der Waals surface area contributed by atoms with Gasteiger partial charge in [-0.2, -0.15) is 0 Å². The molecule has 73 heavy (non-hydrogen) atoms. The first-order chi connectivity index (χ1) is 35.3. The number of benzene rings is 1. The summed E-state index contributed by atoms with van der Waals surface area (Å²) >= 11 is 0. The van der Waals surface area contributed by atoms with Crippen LogP contribution in [0.1, 0.15) is 133 Å². The van der Waals surface area contributed by atoms with Crippen molar-refractivity contribution in [3.05, 3.63) is 60.0 Å². The summed E-state index contributed by atoms with van der Waals surface area (Å²) in [6.45, 7) is 8.79. The average molecular weight is 994 g/mol. The van der Waals surface area contributed by atoms with Gasteiger partial charge in [0.25, 0.3) is 0 Å². The number of halogens is 1. The molecule has 3 aromatic heterocycles. The zero-order valence-corrected chi connectivity index (χ0v) is 42.3. The van der Waals surface area contributed by atoms with Gasteiger partial charge >= 0.3 is 0 Å². The molecule has 3 aliphatic carbocycles. The minimum absolute atomic E-state index is 0.0133. The standard InChI is InChI=1S/C56H68FN11O5/c1-34(2)67-33-59-44-27-43(61-49(48(44)67)60-38-8-9-38)36-6-11-42-45(24-36)68(40-25-39(26-40)63-18-4-3-5-19-63)53(73)56(42)16-22-65(23-17-56)52(72)54-29-55(57,30-54)32-66(31-54)51(71)35-14-20-64(21-15-35)46-12-7-37(28-58-46)41-10-13-47(69)62-50(41)70/h6-7,11-12,24,27-28,33-35,38-41H,3-5,8-10,13-23,25-26,29-32H2,1-2H3,(H,60,61)(H,62,69,70)/t39-,40+,41?,54?,55?. The summed E-state index contributed by atoms with van der Waals surface area (Å²) in [7, 11) is 0. The van der Waals surface area contributed by atoms with Crippen LogP contribution in [0, 0.1) is 11.3 Å². The van der Waals surface area contributed by atoms with E-state index in [4.69, 9.17) is 9.97 Å². The summed E-state index contributed by atoms with van der Waals surface area (Å²) in [6, 6.07) is 13.5. The third-order valence-electron chi connectivity index (χ3n) is 18.6. The summed E-state index contributed by atoms with van der Waals surface area (Å²) in [6.07, 6.45) is 14.6. The number of rotatable bonds is 10. The summed E-state index contributed by atoms with van der Waals surface area (Å²) < 4.78 is 18.6. The Morgan fingerprint density at radius 2 is 1.60 bits per heavy atom. The van der Waals surface area contributed by atoms with Crippen molar-refractivity contribution < 1.29 is 28.4 Å². The van der Waals surface area contributed by atoms with Gasteiger partial charge in [-0.25, -0.2) is 19.3 Å². The number of nitrogens with one attached hydrogen (secondary N) is 2. The molecule has 1 aromatic carbocycles. The van der Waals surface area contributed by atoms with Gasteiger partial charge in [0.15, 0.2) is 5.82 Å². The van der Waals surface area contributed by atoms with Gasteiger partial charge in [0.1, 0.15) is 17.0 Å². The lowest BCUT2D eigenvalue weighted by Crippen LogP contribution is -2.71. The minimum Gasteiger partial charge on any atom is -0.366 e. The fraction of sp³-hybridized carbons (Fsp3) is 0.607. The number of likely N-dealkylation sites (tertiary alicyclic amines) is 2. The molecule has 1 spiro atoms. The number of hydrogen-bond acceptors (Lipinski definition) is 11. The number of hydrogen-bond donors (Lipinski definition) is 2. The Morgan fingerprint density at radius 3 is 2.30 bits per heavy atom. The van der Waals surface area contributed by atoms with Crippen molar-refractivity contribution in [1.82, 2.24) is 39.5 Å². The molecule has 14 rings (SSSR count). The summed E-state index contributed by atoms with van der Waals surface area (Å²) in [4.78, 5) is 93.5. The lowest BCUT2D eigenvalue weighted by atomic mass is 9.55. The number of imide groups is 1. The minimum atomic E-state index is -1.59. The second kappa shape index (κ2) is 17.6. The smallest absolute Gasteiger partial charge is 0.238 e. The van der Waals surface area contributed by atoms with Crippen molar-refractivity contribution in [1.29, 1.82) is 0 Å². The van der Waals surface area contributed by atoms with Crippen LogP contribution >= 0.6 is 0 Å². The number of fused-ring (bicyclic) bond motifs is 5. The number of nitrogens with zero attached hydrogens (tertiary/aromatic N) is 9. The van der Waals surface area contributed by atoms with E-state index in [2.05, 4.69) is 73.0 Å². The third kappa shape index (κ3) is 7.99. The van der Waals surface area contributed by atoms with Crippen LogP contribution in [0.4, 0.5) is 21.7 Å². The molecule has 1 atom stereocenters. The number of aromatic nitrogens is 4. The third-order valence-corrected chi connectivity index (χ3v) is 18.6. The molecule has 16 nitrogen and oxygen atoms in total. The molecule has 10 heterocycles. The van der Waals surface area contributed by atoms with E-state index in [0.717, 1.165) is 89.5 Å². The molecule has 2 bridgehead atoms. The Kier molecular flexibility index (Phi) is 11.3. The van der Waals surface area contributed by atoms with Gasteiger partial charge in [0.2, 0.25) is 29.5 Å². The van der Waals surface area contributed by atoms with Gasteiger partial charge in [-0.1, -0.05) is 24.6 Å². The quantitative estimate of drug-likeness (QED) is 0.164. The number of carbonyl (C=O) groups excluding carboxylic acids is 5. The molecular formula is C56H68FN11O5. The number of amides is 5. The molecule has 2 N–H and O–H groups in total. The predicted molar refractivity (Wildman–Crippen MR) is 274 cm³/mol. The number of imidazole rings is 1. The lowest BCUT2D eigenvalue weighted by Gasteiger charge is -2.60. The number of carbonyl (C=O) groups is 5. The average Bonchev–Trinajstić information content (AvgIpc) is 4.04. The molecular weight excluding hydrogens is 926 g/mol. The van der Waals surface area contributed by atoms with Crippen molar-refractivity contribution in [3.8, 4) is 11.3 Å².